The molecular weight excluding hydrogens is 351 g/mol. The SMILES string of the molecule is COc1ccc(S(=O)(=O)C(F)(F)F)cc1NC(=O)C1CCOCC1. The van der Waals surface area contributed by atoms with E-state index in [1.165, 1.54) is 7.11 Å². The Labute approximate surface area is 136 Å². The summed E-state index contributed by atoms with van der Waals surface area (Å²) in [5, 5.41) is 2.44. The summed E-state index contributed by atoms with van der Waals surface area (Å²) in [6.07, 6.45) is 0.962. The Kier molecular flexibility index (Phi) is 5.38. The third kappa shape index (κ3) is 3.81. The van der Waals surface area contributed by atoms with E-state index in [1.807, 2.05) is 0 Å². The van der Waals surface area contributed by atoms with Gasteiger partial charge in [-0.1, -0.05) is 0 Å². The summed E-state index contributed by atoms with van der Waals surface area (Å²) in [5.74, 6) is -0.707. The summed E-state index contributed by atoms with van der Waals surface area (Å²) in [6, 6.07) is 2.60. The van der Waals surface area contributed by atoms with Crippen molar-refractivity contribution in [1.82, 2.24) is 0 Å². The maximum absolute atomic E-state index is 12.7. The van der Waals surface area contributed by atoms with E-state index in [9.17, 15) is 26.4 Å². The standard InChI is InChI=1S/C14H16F3NO5S/c1-22-12-3-2-10(24(20,21)14(15,16)17)8-11(12)18-13(19)9-4-6-23-7-5-9/h2-3,8-9H,4-7H2,1H3,(H,18,19). The molecule has 0 aromatic heterocycles. The zero-order valence-corrected chi connectivity index (χ0v) is 13.5. The van der Waals surface area contributed by atoms with Gasteiger partial charge in [-0.3, -0.25) is 4.79 Å². The average Bonchev–Trinajstić information content (AvgIpc) is 2.54. The van der Waals surface area contributed by atoms with Crippen molar-refractivity contribution in [3.8, 4) is 5.75 Å². The summed E-state index contributed by atoms with van der Waals surface area (Å²) in [5.41, 5.74) is -5.55. The molecule has 0 radical (unpaired) electrons. The average molecular weight is 367 g/mol. The van der Waals surface area contributed by atoms with Crippen LogP contribution in [0.25, 0.3) is 0 Å². The van der Waals surface area contributed by atoms with Gasteiger partial charge in [-0.05, 0) is 31.0 Å². The number of anilines is 1. The van der Waals surface area contributed by atoms with Crippen LogP contribution in [-0.2, 0) is 19.4 Å². The van der Waals surface area contributed by atoms with E-state index < -0.39 is 26.1 Å². The van der Waals surface area contributed by atoms with Crippen LogP contribution in [0.4, 0.5) is 18.9 Å². The summed E-state index contributed by atoms with van der Waals surface area (Å²) >= 11 is 0. The molecule has 134 valence electrons. The van der Waals surface area contributed by atoms with E-state index in [2.05, 4.69) is 5.32 Å². The molecule has 1 aromatic carbocycles. The van der Waals surface area contributed by atoms with Crippen molar-refractivity contribution in [2.45, 2.75) is 23.2 Å². The predicted molar refractivity (Wildman–Crippen MR) is 78.4 cm³/mol. The van der Waals surface area contributed by atoms with Gasteiger partial charge < -0.3 is 14.8 Å². The molecule has 2 rings (SSSR count). The van der Waals surface area contributed by atoms with Crippen molar-refractivity contribution in [3.63, 3.8) is 0 Å². The molecule has 1 saturated heterocycles. The number of carbonyl (C=O) groups is 1. The van der Waals surface area contributed by atoms with Crippen LogP contribution in [0.3, 0.4) is 0 Å². The van der Waals surface area contributed by atoms with Gasteiger partial charge in [0.25, 0.3) is 9.84 Å². The molecular formula is C14H16F3NO5S. The van der Waals surface area contributed by atoms with Crippen LogP contribution in [0.5, 0.6) is 5.75 Å². The van der Waals surface area contributed by atoms with Gasteiger partial charge in [0.1, 0.15) is 5.75 Å². The van der Waals surface area contributed by atoms with Gasteiger partial charge in [0.15, 0.2) is 0 Å². The second-order valence-corrected chi connectivity index (χ2v) is 7.13. The summed E-state index contributed by atoms with van der Waals surface area (Å²) in [7, 11) is -4.25. The molecule has 1 N–H and O–H groups in total. The molecule has 1 aliphatic heterocycles. The fourth-order valence-electron chi connectivity index (χ4n) is 2.28. The molecule has 1 heterocycles. The minimum Gasteiger partial charge on any atom is -0.495 e. The molecule has 0 unspecified atom stereocenters. The number of methoxy groups -OCH3 is 1. The minimum atomic E-state index is -5.51. The number of halogens is 3. The molecule has 1 aromatic rings. The second kappa shape index (κ2) is 6.98. The third-order valence-electron chi connectivity index (χ3n) is 3.64. The van der Waals surface area contributed by atoms with Crippen LogP contribution in [0.1, 0.15) is 12.8 Å². The highest BCUT2D eigenvalue weighted by molar-refractivity contribution is 7.92. The van der Waals surface area contributed by atoms with E-state index in [0.29, 0.717) is 26.1 Å². The zero-order valence-electron chi connectivity index (χ0n) is 12.7. The number of rotatable bonds is 4. The molecule has 0 aliphatic carbocycles. The normalized spacial score (nSPS) is 16.7. The van der Waals surface area contributed by atoms with Gasteiger partial charge in [0, 0.05) is 19.1 Å². The highest BCUT2D eigenvalue weighted by Gasteiger charge is 2.47. The zero-order chi connectivity index (χ0) is 18.0. The summed E-state index contributed by atoms with van der Waals surface area (Å²) < 4.78 is 71.1. The topological polar surface area (TPSA) is 81.7 Å². The Morgan fingerprint density at radius 2 is 1.92 bits per heavy atom. The van der Waals surface area contributed by atoms with Gasteiger partial charge in [-0.2, -0.15) is 13.2 Å². The fourth-order valence-corrected chi connectivity index (χ4v) is 3.07. The Balaban J connectivity index is 2.31. The van der Waals surface area contributed by atoms with Crippen LogP contribution < -0.4 is 10.1 Å². The Hall–Kier alpha value is -1.81. The molecule has 24 heavy (non-hydrogen) atoms. The number of amides is 1. The van der Waals surface area contributed by atoms with Crippen molar-refractivity contribution >= 4 is 21.4 Å². The van der Waals surface area contributed by atoms with Gasteiger partial charge >= 0.3 is 5.51 Å². The lowest BCUT2D eigenvalue weighted by molar-refractivity contribution is -0.122. The number of carbonyl (C=O) groups excluding carboxylic acids is 1. The smallest absolute Gasteiger partial charge is 0.495 e. The van der Waals surface area contributed by atoms with Crippen molar-refractivity contribution in [3.05, 3.63) is 18.2 Å². The Morgan fingerprint density at radius 3 is 2.46 bits per heavy atom. The van der Waals surface area contributed by atoms with Crippen molar-refractivity contribution < 1.29 is 35.9 Å². The van der Waals surface area contributed by atoms with E-state index in [1.54, 1.807) is 0 Å². The first-order valence-corrected chi connectivity index (χ1v) is 8.53. The summed E-state index contributed by atoms with van der Waals surface area (Å²) in [6.45, 7) is 0.829. The molecule has 0 bridgehead atoms. The molecule has 1 amide bonds. The maximum atomic E-state index is 12.7. The number of alkyl halides is 3. The van der Waals surface area contributed by atoms with Crippen LogP contribution in [0, 0.1) is 5.92 Å². The van der Waals surface area contributed by atoms with Crippen LogP contribution >= 0.6 is 0 Å². The molecule has 1 aliphatic rings. The van der Waals surface area contributed by atoms with E-state index in [-0.39, 0.29) is 17.4 Å². The highest BCUT2D eigenvalue weighted by atomic mass is 32.2. The molecule has 0 saturated carbocycles. The maximum Gasteiger partial charge on any atom is 0.501 e. The van der Waals surface area contributed by atoms with E-state index in [4.69, 9.17) is 9.47 Å². The predicted octanol–water partition coefficient (Wildman–Crippen LogP) is 2.35. The Bertz CT molecular complexity index is 712. The number of nitrogens with one attached hydrogen (secondary N) is 1. The number of sulfone groups is 1. The number of hydrogen-bond acceptors (Lipinski definition) is 5. The highest BCUT2D eigenvalue weighted by Crippen LogP contribution is 2.35. The number of hydrogen-bond donors (Lipinski definition) is 1. The number of benzene rings is 1. The van der Waals surface area contributed by atoms with Crippen molar-refractivity contribution in [1.29, 1.82) is 0 Å². The molecule has 0 atom stereocenters. The van der Waals surface area contributed by atoms with Crippen LogP contribution in [0.15, 0.2) is 23.1 Å². The largest absolute Gasteiger partial charge is 0.501 e. The van der Waals surface area contributed by atoms with Crippen LogP contribution in [0.2, 0.25) is 0 Å². The van der Waals surface area contributed by atoms with E-state index in [0.717, 1.165) is 18.2 Å². The molecule has 10 heteroatoms. The first-order valence-electron chi connectivity index (χ1n) is 7.05. The van der Waals surface area contributed by atoms with Gasteiger partial charge in [0.2, 0.25) is 5.91 Å². The monoisotopic (exact) mass is 367 g/mol. The quantitative estimate of drug-likeness (QED) is 0.884. The Morgan fingerprint density at radius 1 is 1.29 bits per heavy atom. The lowest BCUT2D eigenvalue weighted by Crippen LogP contribution is -2.29. The second-order valence-electron chi connectivity index (χ2n) is 5.19. The fraction of sp³-hybridized carbons (Fsp3) is 0.500. The summed E-state index contributed by atoms with van der Waals surface area (Å²) in [4.78, 5) is 11.2. The van der Waals surface area contributed by atoms with Gasteiger partial charge in [-0.15, -0.1) is 0 Å². The lowest BCUT2D eigenvalue weighted by Gasteiger charge is -2.22. The third-order valence-corrected chi connectivity index (χ3v) is 5.12. The number of ether oxygens (including phenoxy) is 2. The first kappa shape index (κ1) is 18.5. The molecule has 1 fully saturated rings. The van der Waals surface area contributed by atoms with E-state index >= 15 is 0 Å². The first-order chi connectivity index (χ1) is 11.2. The van der Waals surface area contributed by atoms with Crippen molar-refractivity contribution in [2.24, 2.45) is 5.92 Å². The molecule has 0 spiro atoms. The lowest BCUT2D eigenvalue weighted by atomic mass is 9.99. The van der Waals surface area contributed by atoms with Crippen molar-refractivity contribution in [2.75, 3.05) is 25.6 Å². The minimum absolute atomic E-state index is 0.0662. The van der Waals surface area contributed by atoms with Crippen LogP contribution in [-0.4, -0.2) is 40.2 Å². The molecule has 6 nitrogen and oxygen atoms in total. The van der Waals surface area contributed by atoms with Gasteiger partial charge in [0.05, 0.1) is 17.7 Å². The van der Waals surface area contributed by atoms with Gasteiger partial charge in [-0.25, -0.2) is 8.42 Å².